The predicted molar refractivity (Wildman–Crippen MR) is 109 cm³/mol. The molecule has 2 aromatic carbocycles. The summed E-state index contributed by atoms with van der Waals surface area (Å²) in [5.74, 6) is -1.01. The van der Waals surface area contributed by atoms with Gasteiger partial charge < -0.3 is 14.4 Å². The molecule has 9 heteroatoms. The highest BCUT2D eigenvalue weighted by Crippen LogP contribution is 2.24. The highest BCUT2D eigenvalue weighted by atomic mass is 79.9. The summed E-state index contributed by atoms with van der Waals surface area (Å²) in [6, 6.07) is 14.2. The smallest absolute Gasteiger partial charge is 0.274 e. The molecule has 152 valence electrons. The Morgan fingerprint density at radius 3 is 2.70 bits per heavy atom. The number of amides is 1. The lowest BCUT2D eigenvalue weighted by Gasteiger charge is -2.09. The van der Waals surface area contributed by atoms with Crippen LogP contribution in [-0.4, -0.2) is 20.6 Å². The quantitative estimate of drug-likeness (QED) is 0.446. The number of carbonyl (C=O) groups excluding carboxylic acids is 1. The van der Waals surface area contributed by atoms with Crippen LogP contribution < -0.4 is 5.32 Å². The number of aromatic nitrogens is 3. The van der Waals surface area contributed by atoms with E-state index in [0.29, 0.717) is 11.5 Å². The van der Waals surface area contributed by atoms with E-state index in [1.54, 1.807) is 22.9 Å². The molecule has 0 spiro atoms. The van der Waals surface area contributed by atoms with Crippen molar-refractivity contribution in [3.63, 3.8) is 0 Å². The minimum atomic E-state index is -0.705. The summed E-state index contributed by atoms with van der Waals surface area (Å²) in [5.41, 5.74) is 1.58. The Morgan fingerprint density at radius 2 is 1.93 bits per heavy atom. The van der Waals surface area contributed by atoms with Crippen molar-refractivity contribution in [3.05, 3.63) is 82.5 Å². The summed E-state index contributed by atoms with van der Waals surface area (Å²) >= 11 is 3.38. The van der Waals surface area contributed by atoms with E-state index in [2.05, 4.69) is 31.4 Å². The van der Waals surface area contributed by atoms with Gasteiger partial charge in [0, 0.05) is 34.4 Å². The zero-order chi connectivity index (χ0) is 21.1. The normalized spacial score (nSPS) is 10.9. The van der Waals surface area contributed by atoms with E-state index in [1.807, 2.05) is 24.3 Å². The third-order valence-electron chi connectivity index (χ3n) is 4.38. The molecule has 6 nitrogen and oxygen atoms in total. The standard InChI is InChI=1S/C21H15BrF2N4O2/c22-15-6-3-13(4-7-15)20-26-21(30-27-20)18-2-1-9-28(18)12-19(29)25-11-14-5-8-16(23)10-17(14)24/h1-10H,11-12H2,(H,25,29). The number of carbonyl (C=O) groups is 1. The number of halogens is 3. The van der Waals surface area contributed by atoms with Crippen LogP contribution in [-0.2, 0) is 17.9 Å². The third-order valence-corrected chi connectivity index (χ3v) is 4.91. The lowest BCUT2D eigenvalue weighted by molar-refractivity contribution is -0.121. The first-order valence-corrected chi connectivity index (χ1v) is 9.75. The summed E-state index contributed by atoms with van der Waals surface area (Å²) in [6.45, 7) is -0.0725. The van der Waals surface area contributed by atoms with E-state index < -0.39 is 11.6 Å². The number of nitrogens with zero attached hydrogens (tertiary/aromatic N) is 3. The van der Waals surface area contributed by atoms with Crippen LogP contribution in [0.2, 0.25) is 0 Å². The van der Waals surface area contributed by atoms with E-state index in [9.17, 15) is 13.6 Å². The molecule has 0 saturated heterocycles. The maximum absolute atomic E-state index is 13.7. The predicted octanol–water partition coefficient (Wildman–Crippen LogP) is 4.56. The van der Waals surface area contributed by atoms with Gasteiger partial charge in [0.15, 0.2) is 0 Å². The van der Waals surface area contributed by atoms with Gasteiger partial charge in [-0.25, -0.2) is 8.78 Å². The average Bonchev–Trinajstić information content (AvgIpc) is 3.37. The summed E-state index contributed by atoms with van der Waals surface area (Å²) < 4.78 is 34.6. The fourth-order valence-corrected chi connectivity index (χ4v) is 3.12. The number of nitrogens with one attached hydrogen (secondary N) is 1. The first kappa shape index (κ1) is 20.0. The summed E-state index contributed by atoms with van der Waals surface area (Å²) in [5, 5.41) is 6.62. The van der Waals surface area contributed by atoms with Gasteiger partial charge in [-0.3, -0.25) is 4.79 Å². The minimum Gasteiger partial charge on any atom is -0.350 e. The van der Waals surface area contributed by atoms with Crippen LogP contribution >= 0.6 is 15.9 Å². The summed E-state index contributed by atoms with van der Waals surface area (Å²) in [4.78, 5) is 16.7. The molecule has 4 rings (SSSR count). The molecule has 30 heavy (non-hydrogen) atoms. The monoisotopic (exact) mass is 472 g/mol. The van der Waals surface area contributed by atoms with E-state index in [0.717, 1.165) is 22.2 Å². The second-order valence-electron chi connectivity index (χ2n) is 6.46. The third kappa shape index (κ3) is 4.46. The Labute approximate surface area is 178 Å². The first-order valence-electron chi connectivity index (χ1n) is 8.95. The Balaban J connectivity index is 1.44. The van der Waals surface area contributed by atoms with Crippen molar-refractivity contribution in [2.45, 2.75) is 13.1 Å². The van der Waals surface area contributed by atoms with Crippen LogP contribution in [0.4, 0.5) is 8.78 Å². The zero-order valence-electron chi connectivity index (χ0n) is 15.5. The maximum atomic E-state index is 13.7. The lowest BCUT2D eigenvalue weighted by Crippen LogP contribution is -2.27. The van der Waals surface area contributed by atoms with Crippen molar-refractivity contribution < 1.29 is 18.1 Å². The minimum absolute atomic E-state index is 0.0266. The number of benzene rings is 2. The zero-order valence-corrected chi connectivity index (χ0v) is 17.1. The summed E-state index contributed by atoms with van der Waals surface area (Å²) in [6.07, 6.45) is 1.71. The van der Waals surface area contributed by atoms with Gasteiger partial charge >= 0.3 is 0 Å². The molecule has 0 fully saturated rings. The molecule has 0 aliphatic heterocycles. The van der Waals surface area contributed by atoms with E-state index in [-0.39, 0.29) is 30.5 Å². The molecule has 0 aliphatic rings. The Kier molecular flexibility index (Phi) is 5.71. The summed E-state index contributed by atoms with van der Waals surface area (Å²) in [7, 11) is 0. The van der Waals surface area contributed by atoms with Gasteiger partial charge in [-0.1, -0.05) is 27.2 Å². The Bertz CT molecular complexity index is 1190. The van der Waals surface area contributed by atoms with Crippen molar-refractivity contribution in [2.75, 3.05) is 0 Å². The molecule has 0 aliphatic carbocycles. The topological polar surface area (TPSA) is 73.0 Å². The van der Waals surface area contributed by atoms with Crippen molar-refractivity contribution in [1.82, 2.24) is 20.0 Å². The van der Waals surface area contributed by atoms with Gasteiger partial charge in [0.05, 0.1) is 0 Å². The van der Waals surface area contributed by atoms with Gasteiger partial charge in [0.25, 0.3) is 5.89 Å². The molecule has 1 amide bonds. The largest absolute Gasteiger partial charge is 0.350 e. The van der Waals surface area contributed by atoms with Crippen molar-refractivity contribution in [1.29, 1.82) is 0 Å². The van der Waals surface area contributed by atoms with Gasteiger partial charge in [0.1, 0.15) is 23.9 Å². The number of hydrogen-bond acceptors (Lipinski definition) is 4. The van der Waals surface area contributed by atoms with Gasteiger partial charge in [0.2, 0.25) is 11.7 Å². The molecule has 0 radical (unpaired) electrons. The molecular formula is C21H15BrF2N4O2. The highest BCUT2D eigenvalue weighted by Gasteiger charge is 2.16. The molecule has 0 saturated carbocycles. The van der Waals surface area contributed by atoms with Crippen LogP contribution in [0, 0.1) is 11.6 Å². The van der Waals surface area contributed by atoms with Crippen molar-refractivity contribution in [2.24, 2.45) is 0 Å². The van der Waals surface area contributed by atoms with E-state index in [1.165, 1.54) is 6.07 Å². The Hall–Kier alpha value is -3.33. The molecule has 1 N–H and O–H groups in total. The average molecular weight is 473 g/mol. The van der Waals surface area contributed by atoms with Crippen molar-refractivity contribution >= 4 is 21.8 Å². The van der Waals surface area contributed by atoms with Crippen molar-refractivity contribution in [3.8, 4) is 23.0 Å². The molecule has 0 atom stereocenters. The first-order chi connectivity index (χ1) is 14.5. The van der Waals surface area contributed by atoms with Crippen LogP contribution in [0.3, 0.4) is 0 Å². The molecule has 0 unspecified atom stereocenters. The molecule has 2 heterocycles. The van der Waals surface area contributed by atoms with Crippen LogP contribution in [0.1, 0.15) is 5.56 Å². The number of rotatable bonds is 6. The van der Waals surface area contributed by atoms with Crippen LogP contribution in [0.5, 0.6) is 0 Å². The fraction of sp³-hybridized carbons (Fsp3) is 0.0952. The molecular weight excluding hydrogens is 458 g/mol. The fourth-order valence-electron chi connectivity index (χ4n) is 2.86. The second-order valence-corrected chi connectivity index (χ2v) is 7.38. The molecule has 2 aromatic heterocycles. The van der Waals surface area contributed by atoms with Gasteiger partial charge in [-0.05, 0) is 42.5 Å². The lowest BCUT2D eigenvalue weighted by atomic mass is 10.2. The maximum Gasteiger partial charge on any atom is 0.274 e. The van der Waals surface area contributed by atoms with E-state index in [4.69, 9.17) is 4.52 Å². The van der Waals surface area contributed by atoms with Gasteiger partial charge in [-0.15, -0.1) is 0 Å². The highest BCUT2D eigenvalue weighted by molar-refractivity contribution is 9.10. The Morgan fingerprint density at radius 1 is 1.13 bits per heavy atom. The van der Waals surface area contributed by atoms with Crippen LogP contribution in [0.25, 0.3) is 23.0 Å². The molecule has 4 aromatic rings. The SMILES string of the molecule is O=C(Cn1cccc1-c1nc(-c2ccc(Br)cc2)no1)NCc1ccc(F)cc1F. The van der Waals surface area contributed by atoms with E-state index >= 15 is 0 Å². The molecule has 0 bridgehead atoms. The van der Waals surface area contributed by atoms with Gasteiger partial charge in [-0.2, -0.15) is 4.98 Å². The number of hydrogen-bond donors (Lipinski definition) is 1. The van der Waals surface area contributed by atoms with Crippen LogP contribution in [0.15, 0.2) is 69.8 Å². The second kappa shape index (κ2) is 8.58.